The van der Waals surface area contributed by atoms with E-state index in [1.807, 2.05) is 44.2 Å². The fourth-order valence-electron chi connectivity index (χ4n) is 8.21. The number of methoxy groups -OCH3 is 1. The van der Waals surface area contributed by atoms with Crippen molar-refractivity contribution in [2.24, 2.45) is 5.92 Å². The summed E-state index contributed by atoms with van der Waals surface area (Å²) in [6, 6.07) is 13.3. The van der Waals surface area contributed by atoms with Crippen molar-refractivity contribution in [2.45, 2.75) is 102 Å². The highest BCUT2D eigenvalue weighted by Crippen LogP contribution is 2.52. The molecule has 3 aromatic rings. The quantitative estimate of drug-likeness (QED) is 0.0456. The number of esters is 1. The lowest BCUT2D eigenvalue weighted by atomic mass is 9.71. The van der Waals surface area contributed by atoms with Gasteiger partial charge in [0.1, 0.15) is 41.6 Å². The van der Waals surface area contributed by atoms with Crippen molar-refractivity contribution < 1.29 is 58.9 Å². The van der Waals surface area contributed by atoms with Crippen LogP contribution in [-0.4, -0.2) is 92.5 Å². The zero-order chi connectivity index (χ0) is 41.7. The van der Waals surface area contributed by atoms with E-state index in [1.165, 1.54) is 25.3 Å². The fourth-order valence-corrected chi connectivity index (χ4v) is 8.21. The third-order valence-corrected chi connectivity index (χ3v) is 10.9. The summed E-state index contributed by atoms with van der Waals surface area (Å²) in [6.45, 7) is 6.22. The van der Waals surface area contributed by atoms with Crippen LogP contribution in [0.25, 0.3) is 0 Å². The Morgan fingerprint density at radius 3 is 2.32 bits per heavy atom. The maximum atomic E-state index is 14.1. The third kappa shape index (κ3) is 8.68. The monoisotopic (exact) mass is 787 g/mol. The summed E-state index contributed by atoms with van der Waals surface area (Å²) < 4.78 is 17.9. The largest absolute Gasteiger partial charge is 0.507 e. The van der Waals surface area contributed by atoms with Gasteiger partial charge in [0.2, 0.25) is 5.78 Å². The van der Waals surface area contributed by atoms with Gasteiger partial charge in [0, 0.05) is 42.2 Å². The zero-order valence-electron chi connectivity index (χ0n) is 33.0. The molecule has 0 fully saturated rings. The summed E-state index contributed by atoms with van der Waals surface area (Å²) in [5.41, 5.74) is -4.09. The summed E-state index contributed by atoms with van der Waals surface area (Å²) in [7, 11) is 1.33. The second-order valence-corrected chi connectivity index (χ2v) is 15.2. The number of aromatic hydroxyl groups is 2. The first-order valence-electron chi connectivity index (χ1n) is 19.3. The van der Waals surface area contributed by atoms with Gasteiger partial charge in [-0.15, -0.1) is 0 Å². The summed E-state index contributed by atoms with van der Waals surface area (Å²) in [5.74, 6) is -4.60. The molecule has 0 aliphatic heterocycles. The lowest BCUT2D eigenvalue weighted by Crippen LogP contribution is -2.55. The van der Waals surface area contributed by atoms with E-state index in [4.69, 9.17) is 14.2 Å². The van der Waals surface area contributed by atoms with Crippen LogP contribution < -0.4 is 10.1 Å². The number of carbonyl (C=O) groups is 4. The number of phenolic OH excluding ortho intramolecular Hbond substituents is 2. The van der Waals surface area contributed by atoms with E-state index in [1.54, 1.807) is 26.0 Å². The number of hydrogen-bond donors (Lipinski definition) is 6. The van der Waals surface area contributed by atoms with Crippen LogP contribution in [0.3, 0.4) is 0 Å². The van der Waals surface area contributed by atoms with Crippen LogP contribution in [0.4, 0.5) is 0 Å². The van der Waals surface area contributed by atoms with Crippen LogP contribution in [0.15, 0.2) is 60.7 Å². The lowest BCUT2D eigenvalue weighted by Gasteiger charge is -2.41. The standard InChI is InChI=1S/C44H53NO12/c1-6-16-43(17-7-2,42(53)56-24-27-12-9-8-10-13-27)45-26(4)19-28(18-25(3)22-46)57-32-21-44(54,33(48)23-47)20-30-35(32)41(52)37-36(39(30)50)38(49)29-14-11-15-31(55-5)34(29)40(37)51/h6,8-16,25-26,28,32,45-47,50,52,54H,7,17-24H2,1-5H3/b16-6-/t25-,26-,28?,32+,43?,44+/m1/s1. The number of phenols is 2. The first kappa shape index (κ1) is 43.2. The lowest BCUT2D eigenvalue weighted by molar-refractivity contribution is -0.152. The molecule has 2 aliphatic rings. The molecule has 0 heterocycles. The van der Waals surface area contributed by atoms with E-state index in [0.717, 1.165) is 5.56 Å². The minimum absolute atomic E-state index is 0.0626. The van der Waals surface area contributed by atoms with Crippen molar-refractivity contribution in [2.75, 3.05) is 20.3 Å². The Morgan fingerprint density at radius 2 is 1.68 bits per heavy atom. The van der Waals surface area contributed by atoms with Crippen molar-refractivity contribution >= 4 is 23.3 Å². The van der Waals surface area contributed by atoms with Gasteiger partial charge in [-0.2, -0.15) is 0 Å². The average Bonchev–Trinajstić information content (AvgIpc) is 3.19. The van der Waals surface area contributed by atoms with E-state index in [0.29, 0.717) is 12.8 Å². The number of ketones is 3. The van der Waals surface area contributed by atoms with Crippen LogP contribution in [0.5, 0.6) is 17.2 Å². The molecule has 3 aromatic carbocycles. The molecule has 2 aliphatic carbocycles. The van der Waals surface area contributed by atoms with E-state index < -0.39 is 94.8 Å². The number of benzene rings is 3. The number of hydrogen-bond acceptors (Lipinski definition) is 13. The van der Waals surface area contributed by atoms with Gasteiger partial charge in [0.15, 0.2) is 11.6 Å². The second-order valence-electron chi connectivity index (χ2n) is 15.2. The minimum Gasteiger partial charge on any atom is -0.507 e. The zero-order valence-corrected chi connectivity index (χ0v) is 33.0. The molecule has 0 aromatic heterocycles. The predicted molar refractivity (Wildman–Crippen MR) is 209 cm³/mol. The first-order chi connectivity index (χ1) is 27.2. The van der Waals surface area contributed by atoms with Crippen LogP contribution in [0.2, 0.25) is 0 Å². The third-order valence-electron chi connectivity index (χ3n) is 10.9. The molecular formula is C44H53NO12. The van der Waals surface area contributed by atoms with Gasteiger partial charge < -0.3 is 39.7 Å². The molecule has 0 radical (unpaired) electrons. The highest BCUT2D eigenvalue weighted by atomic mass is 16.5. The topological polar surface area (TPSA) is 209 Å². The van der Waals surface area contributed by atoms with E-state index in [2.05, 4.69) is 5.32 Å². The normalized spacial score (nSPS) is 20.2. The first-order valence-corrected chi connectivity index (χ1v) is 19.3. The summed E-state index contributed by atoms with van der Waals surface area (Å²) in [4.78, 5) is 55.0. The minimum atomic E-state index is -2.30. The molecule has 0 saturated carbocycles. The van der Waals surface area contributed by atoms with Crippen molar-refractivity contribution in [3.8, 4) is 17.2 Å². The number of nitrogens with one attached hydrogen (secondary N) is 1. The number of aliphatic hydroxyl groups excluding tert-OH is 2. The van der Waals surface area contributed by atoms with Crippen molar-refractivity contribution in [3.63, 3.8) is 0 Å². The molecule has 6 atom stereocenters. The Balaban J connectivity index is 1.54. The summed E-state index contributed by atoms with van der Waals surface area (Å²) >= 11 is 0. The van der Waals surface area contributed by atoms with Gasteiger partial charge in [-0.3, -0.25) is 19.7 Å². The van der Waals surface area contributed by atoms with E-state index >= 15 is 0 Å². The highest BCUT2D eigenvalue weighted by Gasteiger charge is 2.50. The molecule has 0 amide bonds. The highest BCUT2D eigenvalue weighted by molar-refractivity contribution is 6.31. The molecule has 2 unspecified atom stereocenters. The molecule has 13 nitrogen and oxygen atoms in total. The molecule has 6 N–H and O–H groups in total. The van der Waals surface area contributed by atoms with E-state index in [9.17, 15) is 44.7 Å². The SMILES string of the molecule is C/C=C\C(CCC)(N[C@H](C)CC(C[C@@H](C)CO)O[C@H]1C[C@](O)(C(=O)CO)Cc2c(O)c3c(c(O)c21)C(=O)c1c(OC)cccc1C3=O)C(=O)OCc1ccccc1. The molecule has 0 bridgehead atoms. The number of ether oxygens (including phenoxy) is 3. The Labute approximate surface area is 332 Å². The van der Waals surface area contributed by atoms with Crippen LogP contribution in [0.1, 0.15) is 114 Å². The number of allylic oxidation sites excluding steroid dienone is 1. The van der Waals surface area contributed by atoms with Crippen LogP contribution >= 0.6 is 0 Å². The molecular weight excluding hydrogens is 734 g/mol. The smallest absolute Gasteiger partial charge is 0.330 e. The number of fused-ring (bicyclic) bond motifs is 3. The summed E-state index contributed by atoms with van der Waals surface area (Å²) in [6.07, 6.45) is 1.80. The van der Waals surface area contributed by atoms with Gasteiger partial charge in [0.25, 0.3) is 0 Å². The molecule has 0 spiro atoms. The average molecular weight is 788 g/mol. The second kappa shape index (κ2) is 18.1. The Morgan fingerprint density at radius 1 is 0.982 bits per heavy atom. The van der Waals surface area contributed by atoms with Crippen molar-refractivity contribution in [1.29, 1.82) is 0 Å². The Bertz CT molecular complexity index is 2010. The molecule has 57 heavy (non-hydrogen) atoms. The van der Waals surface area contributed by atoms with Gasteiger partial charge in [-0.25, -0.2) is 4.79 Å². The molecule has 13 heteroatoms. The van der Waals surface area contributed by atoms with Gasteiger partial charge in [-0.05, 0) is 50.7 Å². The van der Waals surface area contributed by atoms with Gasteiger partial charge >= 0.3 is 5.97 Å². The van der Waals surface area contributed by atoms with Gasteiger partial charge in [-0.1, -0.05) is 74.9 Å². The Kier molecular flexibility index (Phi) is 13.7. The summed E-state index contributed by atoms with van der Waals surface area (Å²) in [5, 5.41) is 58.9. The maximum Gasteiger partial charge on any atom is 0.330 e. The molecule has 0 saturated heterocycles. The van der Waals surface area contributed by atoms with Crippen molar-refractivity contribution in [1.82, 2.24) is 5.32 Å². The van der Waals surface area contributed by atoms with Gasteiger partial charge in [0.05, 0.1) is 36.0 Å². The molecule has 5 rings (SSSR count). The predicted octanol–water partition coefficient (Wildman–Crippen LogP) is 4.79. The Hall–Kier alpha value is -4.92. The fraction of sp³-hybridized carbons (Fsp3) is 0.455. The van der Waals surface area contributed by atoms with Crippen LogP contribution in [-0.2, 0) is 32.1 Å². The number of aliphatic hydroxyl groups is 3. The number of carbonyl (C=O) groups excluding carboxylic acids is 4. The van der Waals surface area contributed by atoms with Crippen molar-refractivity contribution in [3.05, 3.63) is 99.6 Å². The maximum absolute atomic E-state index is 14.1. The number of Topliss-reactive ketones (excluding diaryl/α,β-unsaturated/α-hetero) is 1. The van der Waals surface area contributed by atoms with E-state index in [-0.39, 0.29) is 60.0 Å². The van der Waals surface area contributed by atoms with Crippen LogP contribution in [0, 0.1) is 5.92 Å². The molecule has 306 valence electrons. The number of rotatable bonds is 18.